The number of rotatable bonds is 6. The molecule has 0 aliphatic carbocycles. The second-order valence-corrected chi connectivity index (χ2v) is 5.23. The van der Waals surface area contributed by atoms with Crippen molar-refractivity contribution >= 4 is 5.69 Å². The lowest BCUT2D eigenvalue weighted by Crippen LogP contribution is -2.31. The van der Waals surface area contributed by atoms with Crippen LogP contribution in [0.3, 0.4) is 0 Å². The first-order chi connectivity index (χ1) is 8.88. The molecule has 3 unspecified atom stereocenters. The van der Waals surface area contributed by atoms with E-state index in [0.717, 1.165) is 32.9 Å². The normalized spacial score (nSPS) is 32.1. The van der Waals surface area contributed by atoms with Crippen molar-refractivity contribution in [3.63, 3.8) is 0 Å². The molecule has 0 bridgehead atoms. The van der Waals surface area contributed by atoms with E-state index in [1.165, 1.54) is 11.3 Å². The Bertz CT molecular complexity index is 407. The highest BCUT2D eigenvalue weighted by atomic mass is 16.6. The predicted octanol–water partition coefficient (Wildman–Crippen LogP) is 1.36. The minimum absolute atomic E-state index is 0.339. The van der Waals surface area contributed by atoms with E-state index in [1.54, 1.807) is 0 Å². The third-order valence-corrected chi connectivity index (χ3v) is 3.62. The molecule has 0 N–H and O–H groups in total. The van der Waals surface area contributed by atoms with E-state index < -0.39 is 0 Å². The monoisotopic (exact) mass is 247 g/mol. The number of nitrogens with zero attached hydrogens (tertiary/aromatic N) is 1. The molecule has 3 aliphatic heterocycles. The summed E-state index contributed by atoms with van der Waals surface area (Å²) in [6.07, 6.45) is 1.16. The van der Waals surface area contributed by atoms with Crippen LogP contribution in [0.1, 0.15) is 11.7 Å². The van der Waals surface area contributed by atoms with Gasteiger partial charge in [-0.1, -0.05) is 12.1 Å². The molecule has 3 fully saturated rings. The Morgan fingerprint density at radius 3 is 1.89 bits per heavy atom. The van der Waals surface area contributed by atoms with Gasteiger partial charge in [-0.15, -0.1) is 0 Å². The maximum atomic E-state index is 5.33. The lowest BCUT2D eigenvalue weighted by atomic mass is 10.1. The molecule has 0 radical (unpaired) electrons. The van der Waals surface area contributed by atoms with Gasteiger partial charge < -0.3 is 19.1 Å². The highest BCUT2D eigenvalue weighted by molar-refractivity contribution is 5.49. The van der Waals surface area contributed by atoms with E-state index in [-0.39, 0.29) is 0 Å². The first-order valence-corrected chi connectivity index (χ1v) is 6.58. The summed E-state index contributed by atoms with van der Waals surface area (Å²) in [7, 11) is 0. The van der Waals surface area contributed by atoms with Crippen LogP contribution < -0.4 is 4.90 Å². The van der Waals surface area contributed by atoms with E-state index in [2.05, 4.69) is 29.2 Å². The van der Waals surface area contributed by atoms with Crippen LogP contribution in [0, 0.1) is 0 Å². The predicted molar refractivity (Wildman–Crippen MR) is 66.8 cm³/mol. The molecule has 4 heteroatoms. The Kier molecular flexibility index (Phi) is 2.53. The lowest BCUT2D eigenvalue weighted by molar-refractivity contribution is 0.389. The smallest absolute Gasteiger partial charge is 0.106 e. The fraction of sp³-hybridized carbons (Fsp3) is 0.571. The average Bonchev–Trinajstić information content (AvgIpc) is 3.27. The second kappa shape index (κ2) is 4.23. The van der Waals surface area contributed by atoms with Crippen LogP contribution in [0.15, 0.2) is 24.3 Å². The van der Waals surface area contributed by atoms with Crippen molar-refractivity contribution in [3.05, 3.63) is 29.8 Å². The maximum Gasteiger partial charge on any atom is 0.106 e. The van der Waals surface area contributed by atoms with Crippen LogP contribution in [0.2, 0.25) is 0 Å². The van der Waals surface area contributed by atoms with Crippen LogP contribution in [0.4, 0.5) is 5.69 Å². The fourth-order valence-electron chi connectivity index (χ4n) is 2.26. The van der Waals surface area contributed by atoms with E-state index in [0.29, 0.717) is 18.3 Å². The summed E-state index contributed by atoms with van der Waals surface area (Å²) in [5.74, 6) is 0. The summed E-state index contributed by atoms with van der Waals surface area (Å²) in [6.45, 7) is 4.61. The Balaban J connectivity index is 1.48. The summed E-state index contributed by atoms with van der Waals surface area (Å²) >= 11 is 0. The van der Waals surface area contributed by atoms with E-state index in [4.69, 9.17) is 14.2 Å². The standard InChI is InChI=1S/C14H17NO3/c1-3-11(4-2-10(1)14-9-18-14)15(5-12-7-16-12)6-13-8-17-13/h1-4,12-14H,5-9H2. The van der Waals surface area contributed by atoms with Gasteiger partial charge in [-0.2, -0.15) is 0 Å². The zero-order valence-corrected chi connectivity index (χ0v) is 10.2. The van der Waals surface area contributed by atoms with Crippen molar-refractivity contribution in [2.24, 2.45) is 0 Å². The second-order valence-electron chi connectivity index (χ2n) is 5.23. The molecule has 3 atom stereocenters. The third-order valence-electron chi connectivity index (χ3n) is 3.62. The van der Waals surface area contributed by atoms with Crippen LogP contribution in [-0.2, 0) is 14.2 Å². The van der Waals surface area contributed by atoms with Crippen molar-refractivity contribution in [2.45, 2.75) is 18.3 Å². The summed E-state index contributed by atoms with van der Waals surface area (Å²) < 4.78 is 16.0. The molecule has 1 aromatic carbocycles. The summed E-state index contributed by atoms with van der Waals surface area (Å²) in [5.41, 5.74) is 2.54. The number of epoxide rings is 3. The van der Waals surface area contributed by atoms with Crippen LogP contribution in [-0.4, -0.2) is 45.1 Å². The molecule has 3 saturated heterocycles. The van der Waals surface area contributed by atoms with Gasteiger partial charge in [-0.3, -0.25) is 0 Å². The van der Waals surface area contributed by atoms with Crippen molar-refractivity contribution in [1.29, 1.82) is 0 Å². The minimum Gasteiger partial charge on any atom is -0.371 e. The lowest BCUT2D eigenvalue weighted by Gasteiger charge is -2.23. The van der Waals surface area contributed by atoms with Crippen molar-refractivity contribution in [3.8, 4) is 0 Å². The average molecular weight is 247 g/mol. The molecule has 96 valence electrons. The van der Waals surface area contributed by atoms with Gasteiger partial charge in [0.1, 0.15) is 6.10 Å². The highest BCUT2D eigenvalue weighted by Gasteiger charge is 2.31. The number of hydrogen-bond donors (Lipinski definition) is 0. The van der Waals surface area contributed by atoms with Crippen molar-refractivity contribution in [1.82, 2.24) is 0 Å². The molecule has 0 amide bonds. The highest BCUT2D eigenvalue weighted by Crippen LogP contribution is 2.31. The largest absolute Gasteiger partial charge is 0.371 e. The van der Waals surface area contributed by atoms with Gasteiger partial charge in [0.05, 0.1) is 32.0 Å². The van der Waals surface area contributed by atoms with Gasteiger partial charge >= 0.3 is 0 Å². The fourth-order valence-corrected chi connectivity index (χ4v) is 2.26. The Morgan fingerprint density at radius 1 is 0.889 bits per heavy atom. The van der Waals surface area contributed by atoms with Gasteiger partial charge in [0, 0.05) is 18.8 Å². The van der Waals surface area contributed by atoms with Gasteiger partial charge in [-0.05, 0) is 17.7 Å². The third kappa shape index (κ3) is 2.51. The van der Waals surface area contributed by atoms with Crippen molar-refractivity contribution < 1.29 is 14.2 Å². The van der Waals surface area contributed by atoms with Crippen LogP contribution in [0.5, 0.6) is 0 Å². The zero-order chi connectivity index (χ0) is 11.9. The van der Waals surface area contributed by atoms with Gasteiger partial charge in [0.15, 0.2) is 0 Å². The van der Waals surface area contributed by atoms with E-state index >= 15 is 0 Å². The molecule has 4 rings (SSSR count). The molecule has 18 heavy (non-hydrogen) atoms. The van der Waals surface area contributed by atoms with E-state index in [1.807, 2.05) is 0 Å². The van der Waals surface area contributed by atoms with Crippen LogP contribution >= 0.6 is 0 Å². The molecule has 0 spiro atoms. The van der Waals surface area contributed by atoms with Gasteiger partial charge in [0.2, 0.25) is 0 Å². The minimum atomic E-state index is 0.339. The van der Waals surface area contributed by atoms with Crippen LogP contribution in [0.25, 0.3) is 0 Å². The quantitative estimate of drug-likeness (QED) is 0.712. The Hall–Kier alpha value is -1.10. The summed E-state index contributed by atoms with van der Waals surface area (Å²) in [5, 5.41) is 0. The zero-order valence-electron chi connectivity index (χ0n) is 10.2. The first kappa shape index (κ1) is 10.8. The molecule has 3 heterocycles. The molecule has 0 saturated carbocycles. The molecule has 3 aliphatic rings. The topological polar surface area (TPSA) is 40.8 Å². The van der Waals surface area contributed by atoms with Gasteiger partial charge in [-0.25, -0.2) is 0 Å². The first-order valence-electron chi connectivity index (χ1n) is 6.58. The number of hydrogen-bond acceptors (Lipinski definition) is 4. The Morgan fingerprint density at radius 2 is 1.44 bits per heavy atom. The molecular formula is C14H17NO3. The summed E-state index contributed by atoms with van der Waals surface area (Å²) in [4.78, 5) is 2.37. The number of ether oxygens (including phenoxy) is 3. The SMILES string of the molecule is c1cc(N(CC2CO2)CC2CO2)ccc1C1CO1. The number of anilines is 1. The molecule has 0 aromatic heterocycles. The Labute approximate surface area is 106 Å². The number of benzene rings is 1. The molecule has 4 nitrogen and oxygen atoms in total. The molecular weight excluding hydrogens is 230 g/mol. The maximum absolute atomic E-state index is 5.33. The van der Waals surface area contributed by atoms with Gasteiger partial charge in [0.25, 0.3) is 0 Å². The van der Waals surface area contributed by atoms with Crippen molar-refractivity contribution in [2.75, 3.05) is 37.8 Å². The van der Waals surface area contributed by atoms with E-state index in [9.17, 15) is 0 Å². The summed E-state index contributed by atoms with van der Waals surface area (Å²) in [6, 6.07) is 8.70. The molecule has 1 aromatic rings.